The molecule has 28 heavy (non-hydrogen) atoms. The predicted molar refractivity (Wildman–Crippen MR) is 106 cm³/mol. The van der Waals surface area contributed by atoms with Crippen molar-refractivity contribution in [3.8, 4) is 0 Å². The van der Waals surface area contributed by atoms with Gasteiger partial charge in [0.2, 0.25) is 0 Å². The lowest BCUT2D eigenvalue weighted by Crippen LogP contribution is -2.38. The predicted octanol–water partition coefficient (Wildman–Crippen LogP) is 4.47. The first-order valence-corrected chi connectivity index (χ1v) is 10.2. The standard InChI is InChI=1S/C22H30N2O4/c1-15-6-4-8-17(20(25)27-3)9-5-7-16(2)14-19-18(11-10-15)22(21(26)28-19)12-13-23-24-22/h6,9,14,18-19H,4-5,7-8,10-13H2,1-3H3/b15-6-,16-14+,17-9-. The highest BCUT2D eigenvalue weighted by atomic mass is 16.6. The number of esters is 2. The van der Waals surface area contributed by atoms with Crippen LogP contribution < -0.4 is 0 Å². The average molecular weight is 386 g/mol. The number of hydrogen-bond acceptors (Lipinski definition) is 6. The molecule has 6 nitrogen and oxygen atoms in total. The maximum absolute atomic E-state index is 12.7. The van der Waals surface area contributed by atoms with Gasteiger partial charge in [-0.3, -0.25) is 0 Å². The van der Waals surface area contributed by atoms with Gasteiger partial charge in [-0.1, -0.05) is 23.3 Å². The van der Waals surface area contributed by atoms with Crippen molar-refractivity contribution >= 4 is 11.9 Å². The molecule has 0 amide bonds. The van der Waals surface area contributed by atoms with Crippen molar-refractivity contribution in [2.75, 3.05) is 13.7 Å². The maximum Gasteiger partial charge on any atom is 0.337 e. The Morgan fingerprint density at radius 1 is 1.18 bits per heavy atom. The Balaban J connectivity index is 1.86. The van der Waals surface area contributed by atoms with Crippen LogP contribution in [0.15, 0.2) is 45.2 Å². The molecular formula is C22H30N2O4. The Morgan fingerprint density at radius 3 is 2.68 bits per heavy atom. The molecule has 1 spiro atoms. The highest BCUT2D eigenvalue weighted by Gasteiger charge is 2.58. The lowest BCUT2D eigenvalue weighted by atomic mass is 9.77. The summed E-state index contributed by atoms with van der Waals surface area (Å²) in [5.74, 6) is -0.460. The van der Waals surface area contributed by atoms with Gasteiger partial charge in [-0.25, -0.2) is 9.59 Å². The molecule has 0 aromatic rings. The summed E-state index contributed by atoms with van der Waals surface area (Å²) in [5, 5.41) is 8.49. The molecule has 6 heteroatoms. The minimum Gasteiger partial charge on any atom is -0.466 e. The van der Waals surface area contributed by atoms with Crippen molar-refractivity contribution in [3.63, 3.8) is 0 Å². The van der Waals surface area contributed by atoms with Gasteiger partial charge in [0.15, 0.2) is 5.54 Å². The normalized spacial score (nSPS) is 37.0. The molecule has 0 N–H and O–H groups in total. The monoisotopic (exact) mass is 386 g/mol. The van der Waals surface area contributed by atoms with Crippen LogP contribution in [0.25, 0.3) is 0 Å². The summed E-state index contributed by atoms with van der Waals surface area (Å²) >= 11 is 0. The van der Waals surface area contributed by atoms with Crippen LogP contribution in [0, 0.1) is 5.92 Å². The van der Waals surface area contributed by atoms with E-state index in [0.29, 0.717) is 19.4 Å². The van der Waals surface area contributed by atoms with Crippen molar-refractivity contribution < 1.29 is 19.1 Å². The van der Waals surface area contributed by atoms with Crippen molar-refractivity contribution in [2.45, 2.75) is 70.4 Å². The molecule has 0 saturated carbocycles. The fraction of sp³-hybridized carbons (Fsp3) is 0.636. The summed E-state index contributed by atoms with van der Waals surface area (Å²) in [7, 11) is 1.42. The fourth-order valence-electron chi connectivity index (χ4n) is 4.35. The summed E-state index contributed by atoms with van der Waals surface area (Å²) in [6, 6.07) is 0. The number of carbonyl (C=O) groups is 2. The van der Waals surface area contributed by atoms with Crippen LogP contribution >= 0.6 is 0 Å². The summed E-state index contributed by atoms with van der Waals surface area (Å²) in [4.78, 5) is 24.7. The fourth-order valence-corrected chi connectivity index (χ4v) is 4.35. The van der Waals surface area contributed by atoms with Gasteiger partial charge in [0.1, 0.15) is 6.10 Å². The molecule has 0 aromatic heterocycles. The van der Waals surface area contributed by atoms with E-state index < -0.39 is 5.54 Å². The molecule has 3 aliphatic rings. The molecule has 1 fully saturated rings. The zero-order chi connectivity index (χ0) is 20.1. The van der Waals surface area contributed by atoms with Gasteiger partial charge < -0.3 is 9.47 Å². The second kappa shape index (κ2) is 8.84. The number of rotatable bonds is 1. The Kier molecular flexibility index (Phi) is 6.47. The summed E-state index contributed by atoms with van der Waals surface area (Å²) in [6.07, 6.45) is 11.4. The van der Waals surface area contributed by atoms with Crippen LogP contribution in [-0.2, 0) is 19.1 Å². The van der Waals surface area contributed by atoms with Gasteiger partial charge in [-0.05, 0) is 58.4 Å². The van der Waals surface area contributed by atoms with Crippen LogP contribution in [0.4, 0.5) is 0 Å². The van der Waals surface area contributed by atoms with E-state index in [9.17, 15) is 9.59 Å². The van der Waals surface area contributed by atoms with E-state index >= 15 is 0 Å². The molecule has 152 valence electrons. The first-order chi connectivity index (χ1) is 13.5. The molecule has 3 rings (SSSR count). The molecular weight excluding hydrogens is 356 g/mol. The van der Waals surface area contributed by atoms with E-state index in [-0.39, 0.29) is 24.0 Å². The topological polar surface area (TPSA) is 77.3 Å². The minimum atomic E-state index is -0.795. The van der Waals surface area contributed by atoms with Gasteiger partial charge in [0.05, 0.1) is 13.7 Å². The number of methoxy groups -OCH3 is 1. The molecule has 3 atom stereocenters. The molecule has 0 radical (unpaired) electrons. The molecule has 2 aliphatic heterocycles. The summed E-state index contributed by atoms with van der Waals surface area (Å²) in [5.41, 5.74) is 2.34. The molecule has 1 saturated heterocycles. The maximum atomic E-state index is 12.7. The highest BCUT2D eigenvalue weighted by molar-refractivity contribution is 5.88. The van der Waals surface area contributed by atoms with Crippen LogP contribution in [0.2, 0.25) is 0 Å². The van der Waals surface area contributed by atoms with E-state index in [2.05, 4.69) is 36.2 Å². The van der Waals surface area contributed by atoms with E-state index in [1.165, 1.54) is 12.7 Å². The van der Waals surface area contributed by atoms with E-state index in [1.54, 1.807) is 0 Å². The molecule has 0 aromatic carbocycles. The van der Waals surface area contributed by atoms with Crippen LogP contribution in [0.3, 0.4) is 0 Å². The number of nitrogens with zero attached hydrogens (tertiary/aromatic N) is 2. The summed E-state index contributed by atoms with van der Waals surface area (Å²) < 4.78 is 10.7. The second-order valence-electron chi connectivity index (χ2n) is 8.02. The molecule has 2 heterocycles. The second-order valence-corrected chi connectivity index (χ2v) is 8.02. The average Bonchev–Trinajstić information content (AvgIpc) is 3.25. The third-order valence-electron chi connectivity index (χ3n) is 6.03. The van der Waals surface area contributed by atoms with Crippen LogP contribution in [-0.4, -0.2) is 37.2 Å². The van der Waals surface area contributed by atoms with Crippen LogP contribution in [0.1, 0.15) is 58.8 Å². The van der Waals surface area contributed by atoms with Crippen LogP contribution in [0.5, 0.6) is 0 Å². The lowest BCUT2D eigenvalue weighted by molar-refractivity contribution is -0.144. The Morgan fingerprint density at radius 2 is 1.96 bits per heavy atom. The van der Waals surface area contributed by atoms with Gasteiger partial charge in [-0.15, -0.1) is 0 Å². The number of ether oxygens (including phenoxy) is 2. The van der Waals surface area contributed by atoms with E-state index in [1.807, 2.05) is 6.08 Å². The van der Waals surface area contributed by atoms with E-state index in [4.69, 9.17) is 9.47 Å². The first kappa shape index (κ1) is 20.5. The largest absolute Gasteiger partial charge is 0.466 e. The zero-order valence-corrected chi connectivity index (χ0v) is 17.1. The first-order valence-electron chi connectivity index (χ1n) is 10.2. The zero-order valence-electron chi connectivity index (χ0n) is 17.1. The number of fused-ring (bicyclic) bond motifs is 2. The van der Waals surface area contributed by atoms with Crippen molar-refractivity contribution in [1.29, 1.82) is 0 Å². The van der Waals surface area contributed by atoms with Crippen molar-refractivity contribution in [1.82, 2.24) is 0 Å². The highest BCUT2D eigenvalue weighted by Crippen LogP contribution is 2.45. The summed E-state index contributed by atoms with van der Waals surface area (Å²) in [6.45, 7) is 4.75. The van der Waals surface area contributed by atoms with Crippen molar-refractivity contribution in [2.24, 2.45) is 16.1 Å². The molecule has 1 aliphatic carbocycles. The minimum absolute atomic E-state index is 0.0219. The van der Waals surface area contributed by atoms with Gasteiger partial charge in [0.25, 0.3) is 0 Å². The Labute approximate surface area is 166 Å². The number of hydrogen-bond donors (Lipinski definition) is 0. The van der Waals surface area contributed by atoms with Gasteiger partial charge >= 0.3 is 11.9 Å². The van der Waals surface area contributed by atoms with Crippen molar-refractivity contribution in [3.05, 3.63) is 34.9 Å². The van der Waals surface area contributed by atoms with Gasteiger partial charge in [-0.2, -0.15) is 10.2 Å². The van der Waals surface area contributed by atoms with Gasteiger partial charge in [0, 0.05) is 17.9 Å². The number of azo groups is 1. The number of allylic oxidation sites excluding steroid dienone is 4. The molecule has 3 unspecified atom stereocenters. The Hall–Kier alpha value is -2.24. The third kappa shape index (κ3) is 4.26. The quantitative estimate of drug-likeness (QED) is 0.492. The van der Waals surface area contributed by atoms with E-state index in [0.717, 1.165) is 43.3 Å². The smallest absolute Gasteiger partial charge is 0.337 e. The lowest BCUT2D eigenvalue weighted by Gasteiger charge is -2.24. The number of carbonyl (C=O) groups excluding carboxylic acids is 2. The Bertz CT molecular complexity index is 750. The SMILES string of the molecule is COC(=O)/C1=C\CC/C(C)=C/C2OC(=O)C3(CCN=N3)C2CC/C(C)=C\CC1. The molecule has 0 bridgehead atoms. The third-order valence-corrected chi connectivity index (χ3v) is 6.03.